The minimum atomic E-state index is -0.186. The summed E-state index contributed by atoms with van der Waals surface area (Å²) in [6.45, 7) is 3.43. The van der Waals surface area contributed by atoms with Gasteiger partial charge in [-0.2, -0.15) is 10.2 Å². The van der Waals surface area contributed by atoms with Crippen LogP contribution in [0.3, 0.4) is 0 Å². The van der Waals surface area contributed by atoms with Gasteiger partial charge < -0.3 is 15.7 Å². The van der Waals surface area contributed by atoms with E-state index in [9.17, 15) is 5.11 Å². The highest BCUT2D eigenvalue weighted by Crippen LogP contribution is 2.32. The Morgan fingerprint density at radius 2 is 1.97 bits per heavy atom. The molecule has 0 amide bonds. The highest BCUT2D eigenvalue weighted by atomic mass is 16.3. The van der Waals surface area contributed by atoms with Gasteiger partial charge in [0.25, 0.3) is 0 Å². The van der Waals surface area contributed by atoms with Crippen LogP contribution in [0.1, 0.15) is 24.1 Å². The number of β-amino-alcohol motifs (C(OH)–C–C–N with tert-alkyl or cyclic N) is 1. The number of aliphatic hydroxyl groups is 1. The zero-order valence-electron chi connectivity index (χ0n) is 19.6. The summed E-state index contributed by atoms with van der Waals surface area (Å²) in [5.74, 6) is 0.471. The Bertz CT molecular complexity index is 1470. The van der Waals surface area contributed by atoms with Crippen LogP contribution in [0.5, 0.6) is 0 Å². The normalized spacial score (nSPS) is 16.5. The second-order valence-electron chi connectivity index (χ2n) is 9.39. The molecule has 0 aliphatic carbocycles. The fourth-order valence-electron chi connectivity index (χ4n) is 5.12. The third kappa shape index (κ3) is 4.38. The molecule has 6 rings (SSSR count). The molecule has 0 bridgehead atoms. The quantitative estimate of drug-likeness (QED) is 0.381. The van der Waals surface area contributed by atoms with Gasteiger partial charge in [-0.05, 0) is 49.1 Å². The minimum Gasteiger partial charge on any atom is -0.392 e. The number of nitrogens with two attached hydrogens (primary N) is 1. The number of aromatic nitrogens is 5. The largest absolute Gasteiger partial charge is 0.392 e. The molecule has 8 nitrogen and oxygen atoms in total. The van der Waals surface area contributed by atoms with E-state index in [1.54, 1.807) is 0 Å². The molecule has 1 atom stereocenters. The Balaban J connectivity index is 1.29. The molecule has 1 fully saturated rings. The van der Waals surface area contributed by atoms with Crippen molar-refractivity contribution in [3.63, 3.8) is 0 Å². The van der Waals surface area contributed by atoms with Crippen molar-refractivity contribution in [1.29, 1.82) is 0 Å². The highest BCUT2D eigenvalue weighted by molar-refractivity contribution is 5.92. The van der Waals surface area contributed by atoms with Crippen molar-refractivity contribution in [1.82, 2.24) is 29.3 Å². The number of nitrogens with zero attached hydrogens (tertiary/aromatic N) is 6. The molecule has 3 aromatic heterocycles. The molecule has 5 aromatic rings. The van der Waals surface area contributed by atoms with Gasteiger partial charge in [0, 0.05) is 35.9 Å². The smallest absolute Gasteiger partial charge is 0.151 e. The number of nitrogen functional groups attached to an aromatic ring is 1. The van der Waals surface area contributed by atoms with Crippen molar-refractivity contribution in [3.8, 4) is 11.1 Å². The van der Waals surface area contributed by atoms with E-state index in [4.69, 9.17) is 10.8 Å². The van der Waals surface area contributed by atoms with Gasteiger partial charge in [0.2, 0.25) is 0 Å². The number of anilines is 1. The third-order valence-electron chi connectivity index (χ3n) is 6.86. The van der Waals surface area contributed by atoms with E-state index >= 15 is 0 Å². The van der Waals surface area contributed by atoms with E-state index in [-0.39, 0.29) is 6.10 Å². The van der Waals surface area contributed by atoms with Crippen LogP contribution >= 0.6 is 0 Å². The van der Waals surface area contributed by atoms with Crippen LogP contribution in [-0.2, 0) is 13.0 Å². The molecule has 3 N–H and O–H groups in total. The predicted octanol–water partition coefficient (Wildman–Crippen LogP) is 3.38. The van der Waals surface area contributed by atoms with Crippen molar-refractivity contribution in [2.45, 2.75) is 31.9 Å². The fourth-order valence-corrected chi connectivity index (χ4v) is 5.12. The molecule has 1 saturated heterocycles. The molecule has 0 radical (unpaired) electrons. The van der Waals surface area contributed by atoms with Crippen molar-refractivity contribution in [2.75, 3.05) is 25.4 Å². The van der Waals surface area contributed by atoms with Gasteiger partial charge in [-0.3, -0.25) is 4.68 Å². The molecular formula is C27H29N7O. The van der Waals surface area contributed by atoms with E-state index in [0.29, 0.717) is 5.82 Å². The van der Waals surface area contributed by atoms with Crippen LogP contribution in [0, 0.1) is 0 Å². The molecule has 2 aromatic carbocycles. The number of aryl methyl sites for hydroxylation is 1. The number of likely N-dealkylation sites (tertiary alicyclic amines) is 1. The van der Waals surface area contributed by atoms with Gasteiger partial charge >= 0.3 is 0 Å². The van der Waals surface area contributed by atoms with Gasteiger partial charge in [-0.15, -0.1) is 0 Å². The van der Waals surface area contributed by atoms with Crippen LogP contribution in [0.4, 0.5) is 5.82 Å². The molecule has 1 aliphatic heterocycles. The summed E-state index contributed by atoms with van der Waals surface area (Å²) in [7, 11) is 0. The number of fused-ring (bicyclic) bond motifs is 2. The van der Waals surface area contributed by atoms with Gasteiger partial charge in [-0.25, -0.2) is 9.50 Å². The molecule has 35 heavy (non-hydrogen) atoms. The molecule has 0 saturated carbocycles. The predicted molar refractivity (Wildman–Crippen MR) is 137 cm³/mol. The van der Waals surface area contributed by atoms with E-state index in [2.05, 4.69) is 57.6 Å². The first-order valence-corrected chi connectivity index (χ1v) is 12.2. The number of aliphatic hydroxyl groups excluding tert-OH is 1. The minimum absolute atomic E-state index is 0.186. The summed E-state index contributed by atoms with van der Waals surface area (Å²) >= 11 is 0. The lowest BCUT2D eigenvalue weighted by atomic mass is 10.0. The van der Waals surface area contributed by atoms with E-state index in [0.717, 1.165) is 78.7 Å². The lowest BCUT2D eigenvalue weighted by Gasteiger charge is -2.14. The average molecular weight is 468 g/mol. The first kappa shape index (κ1) is 21.8. The Hall–Kier alpha value is -3.75. The SMILES string of the molecule is Nc1ncnn2c(CCCN3CC[C@@H](O)C3)cc(-c3ccc4cn(Cc5ccccc5)nc4c3)c12. The van der Waals surface area contributed by atoms with Crippen LogP contribution in [-0.4, -0.2) is 60.1 Å². The van der Waals surface area contributed by atoms with Crippen LogP contribution in [0.15, 0.2) is 67.1 Å². The maximum Gasteiger partial charge on any atom is 0.151 e. The number of benzene rings is 2. The Labute approximate surface area is 203 Å². The van der Waals surface area contributed by atoms with Gasteiger partial charge in [0.15, 0.2) is 5.82 Å². The lowest BCUT2D eigenvalue weighted by Crippen LogP contribution is -2.23. The van der Waals surface area contributed by atoms with Crippen LogP contribution < -0.4 is 5.73 Å². The molecule has 8 heteroatoms. The Kier molecular flexibility index (Phi) is 5.67. The first-order chi connectivity index (χ1) is 17.1. The molecule has 1 aliphatic rings. The van der Waals surface area contributed by atoms with E-state index in [1.165, 1.54) is 11.9 Å². The van der Waals surface area contributed by atoms with Crippen molar-refractivity contribution in [3.05, 3.63) is 78.4 Å². The number of rotatable bonds is 7. The maximum absolute atomic E-state index is 9.78. The van der Waals surface area contributed by atoms with Crippen LogP contribution in [0.25, 0.3) is 27.5 Å². The van der Waals surface area contributed by atoms with E-state index < -0.39 is 0 Å². The van der Waals surface area contributed by atoms with E-state index in [1.807, 2.05) is 27.4 Å². The second kappa shape index (κ2) is 9.13. The number of hydrogen-bond acceptors (Lipinski definition) is 6. The second-order valence-corrected chi connectivity index (χ2v) is 9.39. The lowest BCUT2D eigenvalue weighted by molar-refractivity contribution is 0.176. The zero-order chi connectivity index (χ0) is 23.8. The summed E-state index contributed by atoms with van der Waals surface area (Å²) in [4.78, 5) is 6.59. The number of hydrogen-bond donors (Lipinski definition) is 2. The zero-order valence-corrected chi connectivity index (χ0v) is 19.6. The first-order valence-electron chi connectivity index (χ1n) is 12.2. The Morgan fingerprint density at radius 1 is 1.09 bits per heavy atom. The molecule has 0 unspecified atom stereocenters. The highest BCUT2D eigenvalue weighted by Gasteiger charge is 2.20. The standard InChI is InChI=1S/C27H29N7O/c28-27-26-24(14-22(34(26)30-18-29-27)7-4-11-32-12-10-23(35)17-32)20-8-9-21-16-33(31-25(21)13-20)15-19-5-2-1-3-6-19/h1-3,5-6,8-9,13-14,16,18,23,35H,4,7,10-12,15,17H2,(H2,28,29,30)/t23-/m1/s1. The summed E-state index contributed by atoms with van der Waals surface area (Å²) in [5, 5.41) is 20.2. The maximum atomic E-state index is 9.78. The molecular weight excluding hydrogens is 438 g/mol. The summed E-state index contributed by atoms with van der Waals surface area (Å²) < 4.78 is 3.91. The average Bonchev–Trinajstić information content (AvgIpc) is 3.56. The van der Waals surface area contributed by atoms with Crippen LogP contribution in [0.2, 0.25) is 0 Å². The van der Waals surface area contributed by atoms with Gasteiger partial charge in [0.05, 0.1) is 18.2 Å². The molecule has 4 heterocycles. The fraction of sp³-hybridized carbons (Fsp3) is 0.296. The Morgan fingerprint density at radius 3 is 2.80 bits per heavy atom. The van der Waals surface area contributed by atoms with Gasteiger partial charge in [0.1, 0.15) is 11.8 Å². The monoisotopic (exact) mass is 467 g/mol. The van der Waals surface area contributed by atoms with Crippen molar-refractivity contribution < 1.29 is 5.11 Å². The summed E-state index contributed by atoms with van der Waals surface area (Å²) in [5.41, 5.74) is 12.5. The molecule has 178 valence electrons. The summed E-state index contributed by atoms with van der Waals surface area (Å²) in [6, 6.07) is 18.9. The van der Waals surface area contributed by atoms with Gasteiger partial charge in [-0.1, -0.05) is 42.5 Å². The topological polar surface area (TPSA) is 97.5 Å². The van der Waals surface area contributed by atoms with Crippen molar-refractivity contribution in [2.24, 2.45) is 0 Å². The molecule has 0 spiro atoms. The van der Waals surface area contributed by atoms with Crippen molar-refractivity contribution >= 4 is 22.2 Å². The summed E-state index contributed by atoms with van der Waals surface area (Å²) in [6.07, 6.45) is 6.15. The third-order valence-corrected chi connectivity index (χ3v) is 6.86.